The van der Waals surface area contributed by atoms with Crippen molar-refractivity contribution >= 4 is 68.2 Å². The molecule has 4 aromatic rings. The fraction of sp³-hybridized carbons (Fsp3) is 0.704. The van der Waals surface area contributed by atoms with Crippen LogP contribution >= 0.6 is 0 Å². The Hall–Kier alpha value is -6.16. The molecule has 8 aliphatic rings. The molecule has 28 heteroatoms. The van der Waals surface area contributed by atoms with Gasteiger partial charge in [0.2, 0.25) is 0 Å². The van der Waals surface area contributed by atoms with E-state index in [1.54, 1.807) is 0 Å². The average Bonchev–Trinajstić information content (AvgIpc) is 0.765. The van der Waals surface area contributed by atoms with Gasteiger partial charge in [-0.25, -0.2) is 0 Å². The summed E-state index contributed by atoms with van der Waals surface area (Å²) in [7, 11) is 2.23. The Kier molecular flexibility index (Phi) is 35.8. The van der Waals surface area contributed by atoms with Crippen LogP contribution in [-0.4, -0.2) is 361 Å². The summed E-state index contributed by atoms with van der Waals surface area (Å²) in [5, 5.41) is 38.8. The standard InChI is InChI=1S/C81H136N20O8/c1-91(79-64-72(84-12-4-20-94-30-46-104-47-31-94)59-73(65-79)85-13-5-21-95-32-48-105-49-33-95)101(81-68-76(88-16-8-24-98-38-54-108-55-39-98)61-77(69-81)89-17-9-25-99-40-56-109-57-41-99)100(80-66-74(86-14-6-22-96-34-50-106-51-35-96)60-75(67-80)87-15-7-23-97-36-52-107-53-37-97)90-78-62-70(82-10-2-18-92-26-42-102-43-27-92)58-71(63-78)83-11-3-19-93-28-44-103-45-29-93/h58-69,82-90H,2-57H2,1H3. The summed E-state index contributed by atoms with van der Waals surface area (Å²) in [5.74, 6) is 0. The molecule has 28 nitrogen and oxygen atoms in total. The number of benzene rings is 4. The lowest BCUT2D eigenvalue weighted by Gasteiger charge is -2.44. The molecule has 12 rings (SSSR count). The van der Waals surface area contributed by atoms with Gasteiger partial charge in [0.15, 0.2) is 0 Å². The van der Waals surface area contributed by atoms with E-state index >= 15 is 0 Å². The molecule has 109 heavy (non-hydrogen) atoms. The first-order chi connectivity index (χ1) is 53.9. The van der Waals surface area contributed by atoms with E-state index in [1.165, 1.54) is 0 Å². The minimum absolute atomic E-state index is 0.786. The van der Waals surface area contributed by atoms with E-state index in [0.717, 1.165) is 435 Å². The van der Waals surface area contributed by atoms with Gasteiger partial charge in [-0.3, -0.25) is 49.6 Å². The van der Waals surface area contributed by atoms with E-state index in [0.29, 0.717) is 0 Å². The molecule has 4 aromatic carbocycles. The molecule has 0 radical (unpaired) electrons. The second-order valence-corrected chi connectivity index (χ2v) is 30.2. The first-order valence-electron chi connectivity index (χ1n) is 42.0. The van der Waals surface area contributed by atoms with Crippen molar-refractivity contribution in [2.24, 2.45) is 0 Å². The largest absolute Gasteiger partial charge is 0.385 e. The molecule has 8 saturated heterocycles. The second-order valence-electron chi connectivity index (χ2n) is 30.2. The number of rotatable bonds is 47. The van der Waals surface area contributed by atoms with Crippen LogP contribution in [0.5, 0.6) is 0 Å². The van der Waals surface area contributed by atoms with Crippen molar-refractivity contribution in [2.75, 3.05) is 385 Å². The molecule has 8 aliphatic heterocycles. The normalized spacial score (nSPS) is 19.5. The first-order valence-corrected chi connectivity index (χ1v) is 42.0. The zero-order valence-electron chi connectivity index (χ0n) is 66.2. The number of ether oxygens (including phenoxy) is 8. The molecule has 0 atom stereocenters. The third-order valence-electron chi connectivity index (χ3n) is 21.9. The highest BCUT2D eigenvalue weighted by molar-refractivity contribution is 5.80. The maximum absolute atomic E-state index is 5.79. The van der Waals surface area contributed by atoms with Crippen LogP contribution in [0.25, 0.3) is 0 Å². The molecule has 608 valence electrons. The van der Waals surface area contributed by atoms with E-state index in [-0.39, 0.29) is 0 Å². The van der Waals surface area contributed by atoms with E-state index in [1.807, 2.05) is 0 Å². The summed E-state index contributed by atoms with van der Waals surface area (Å²) in [6, 6.07) is 27.9. The number of anilines is 12. The van der Waals surface area contributed by atoms with Crippen LogP contribution in [-0.2, 0) is 37.9 Å². The lowest BCUT2D eigenvalue weighted by molar-refractivity contribution is 0.0378. The van der Waals surface area contributed by atoms with Crippen LogP contribution in [0.4, 0.5) is 68.2 Å². The summed E-state index contributed by atoms with van der Waals surface area (Å²) in [5.41, 5.74) is 16.4. The first kappa shape index (κ1) is 82.3. The van der Waals surface area contributed by atoms with Crippen molar-refractivity contribution in [3.8, 4) is 0 Å². The number of nitrogens with zero attached hydrogens (tertiary/aromatic N) is 11. The molecular weight excluding hydrogens is 1380 g/mol. The highest BCUT2D eigenvalue weighted by Gasteiger charge is 2.28. The molecule has 0 bridgehead atoms. The van der Waals surface area contributed by atoms with Gasteiger partial charge in [0.25, 0.3) is 0 Å². The van der Waals surface area contributed by atoms with Gasteiger partial charge in [0, 0.05) is 210 Å². The van der Waals surface area contributed by atoms with Gasteiger partial charge in [-0.1, -0.05) is 0 Å². The minimum atomic E-state index is 0.786. The van der Waals surface area contributed by atoms with E-state index in [2.05, 4.69) is 182 Å². The van der Waals surface area contributed by atoms with Gasteiger partial charge >= 0.3 is 0 Å². The zero-order chi connectivity index (χ0) is 74.4. The predicted octanol–water partition coefficient (Wildman–Crippen LogP) is 7.07. The van der Waals surface area contributed by atoms with E-state index in [9.17, 15) is 0 Å². The number of hydrazine groups is 3. The second kappa shape index (κ2) is 47.4. The number of hydrogen-bond acceptors (Lipinski definition) is 28. The zero-order valence-corrected chi connectivity index (χ0v) is 66.2. The summed E-state index contributed by atoms with van der Waals surface area (Å²) >= 11 is 0. The van der Waals surface area contributed by atoms with Gasteiger partial charge in [-0.15, -0.1) is 0 Å². The Balaban J connectivity index is 0.958. The maximum Gasteiger partial charge on any atom is 0.0876 e. The van der Waals surface area contributed by atoms with Crippen molar-refractivity contribution in [3.63, 3.8) is 0 Å². The fourth-order valence-corrected chi connectivity index (χ4v) is 15.5. The summed E-state index contributed by atoms with van der Waals surface area (Å²) in [6.07, 6.45) is 8.01. The van der Waals surface area contributed by atoms with Crippen molar-refractivity contribution in [1.82, 2.24) is 39.2 Å². The van der Waals surface area contributed by atoms with Crippen LogP contribution in [0.15, 0.2) is 72.8 Å². The van der Waals surface area contributed by atoms with Crippen LogP contribution < -0.4 is 63.2 Å². The Morgan fingerprint density at radius 1 is 0.229 bits per heavy atom. The molecule has 0 saturated carbocycles. The molecule has 0 amide bonds. The van der Waals surface area contributed by atoms with Crippen LogP contribution in [0.2, 0.25) is 0 Å². The van der Waals surface area contributed by atoms with Crippen molar-refractivity contribution < 1.29 is 37.9 Å². The van der Waals surface area contributed by atoms with Gasteiger partial charge < -0.3 is 80.4 Å². The molecule has 0 unspecified atom stereocenters. The minimum Gasteiger partial charge on any atom is -0.385 e. The van der Waals surface area contributed by atoms with Gasteiger partial charge in [0.1, 0.15) is 0 Å². The Bertz CT molecular complexity index is 2970. The molecule has 8 fully saturated rings. The molecule has 0 aromatic heterocycles. The van der Waals surface area contributed by atoms with Crippen LogP contribution in [0.3, 0.4) is 0 Å². The summed E-state index contributed by atoms with van der Waals surface area (Å²) in [4.78, 5) is 20.3. The van der Waals surface area contributed by atoms with Gasteiger partial charge in [-0.05, 0) is 177 Å². The molecule has 9 N–H and O–H groups in total. The molecule has 0 spiro atoms. The Labute approximate surface area is 651 Å². The van der Waals surface area contributed by atoms with Crippen LogP contribution in [0.1, 0.15) is 51.4 Å². The third-order valence-corrected chi connectivity index (χ3v) is 21.9. The predicted molar refractivity (Wildman–Crippen MR) is 446 cm³/mol. The fourth-order valence-electron chi connectivity index (χ4n) is 15.5. The third kappa shape index (κ3) is 29.4. The molecule has 8 heterocycles. The van der Waals surface area contributed by atoms with Gasteiger partial charge in [0.05, 0.1) is 128 Å². The average molecular weight is 1520 g/mol. The van der Waals surface area contributed by atoms with Crippen molar-refractivity contribution in [2.45, 2.75) is 51.4 Å². The number of hydrogen-bond donors (Lipinski definition) is 9. The SMILES string of the molecule is CN(c1cc(NCCCN2CCOCC2)cc(NCCCN2CCOCC2)c1)N(c1cc(NCCCN2CCOCC2)cc(NCCCN2CCOCC2)c1)N(Nc1cc(NCCCN2CCOCC2)cc(NCCCN2CCOCC2)c1)c1cc(NCCCN2CCOCC2)cc(NCCCN2CCOCC2)c1. The molecule has 0 aliphatic carbocycles. The summed E-state index contributed by atoms with van der Waals surface area (Å²) < 4.78 is 46.2. The summed E-state index contributed by atoms with van der Waals surface area (Å²) in [6.45, 7) is 42.7. The topological polar surface area (TPSA) is 218 Å². The van der Waals surface area contributed by atoms with E-state index < -0.39 is 0 Å². The van der Waals surface area contributed by atoms with Crippen LogP contribution in [0, 0.1) is 0 Å². The smallest absolute Gasteiger partial charge is 0.0876 e. The quantitative estimate of drug-likeness (QED) is 0.0160. The van der Waals surface area contributed by atoms with Crippen molar-refractivity contribution in [1.29, 1.82) is 0 Å². The number of nitrogens with one attached hydrogen (secondary N) is 9. The van der Waals surface area contributed by atoms with Crippen molar-refractivity contribution in [3.05, 3.63) is 72.8 Å². The molecular formula is C81H136N20O8. The van der Waals surface area contributed by atoms with E-state index in [4.69, 9.17) is 37.9 Å². The number of morpholine rings is 8. The maximum atomic E-state index is 5.79. The lowest BCUT2D eigenvalue weighted by atomic mass is 10.2. The lowest BCUT2D eigenvalue weighted by Crippen LogP contribution is -2.55. The Morgan fingerprint density at radius 2 is 0.404 bits per heavy atom. The Morgan fingerprint density at radius 3 is 0.615 bits per heavy atom. The highest BCUT2D eigenvalue weighted by atomic mass is 16.5. The highest BCUT2D eigenvalue weighted by Crippen LogP contribution is 2.38. The monoisotopic (exact) mass is 1520 g/mol. The van der Waals surface area contributed by atoms with Gasteiger partial charge in [-0.2, -0.15) is 10.2 Å².